The van der Waals surface area contributed by atoms with Crippen LogP contribution in [0.4, 0.5) is 4.39 Å². The first-order chi connectivity index (χ1) is 8.52. The largest absolute Gasteiger partial charge is 0.298 e. The molecule has 0 heterocycles. The van der Waals surface area contributed by atoms with Crippen LogP contribution in [0.2, 0.25) is 5.02 Å². The predicted molar refractivity (Wildman–Crippen MR) is 71.8 cm³/mol. The summed E-state index contributed by atoms with van der Waals surface area (Å²) in [5.41, 5.74) is 0.885. The third-order valence-corrected chi connectivity index (χ3v) is 2.86. The predicted octanol–water partition coefficient (Wildman–Crippen LogP) is 3.85. The van der Waals surface area contributed by atoms with Gasteiger partial charge in [0, 0.05) is 26.1 Å². The zero-order valence-electron chi connectivity index (χ0n) is 10.8. The fraction of sp³-hybridized carbons (Fsp3) is 0.500. The highest BCUT2D eigenvalue weighted by Gasteiger charge is 2.09. The number of benzene rings is 1. The van der Waals surface area contributed by atoms with E-state index in [0.29, 0.717) is 25.4 Å². The molecule has 0 bridgehead atoms. The normalized spacial score (nSPS) is 10.9. The Bertz CT molecular complexity index is 426. The van der Waals surface area contributed by atoms with Gasteiger partial charge in [0.05, 0.1) is 11.1 Å². The fourth-order valence-corrected chi connectivity index (χ4v) is 1.97. The van der Waals surface area contributed by atoms with E-state index < -0.39 is 0 Å². The summed E-state index contributed by atoms with van der Waals surface area (Å²) in [6, 6.07) is 7.00. The highest BCUT2D eigenvalue weighted by Crippen LogP contribution is 2.17. The third kappa shape index (κ3) is 5.03. The molecule has 1 aromatic carbocycles. The lowest BCUT2D eigenvalue weighted by Gasteiger charge is -2.23. The lowest BCUT2D eigenvalue weighted by Crippen LogP contribution is -2.28. The smallest absolute Gasteiger partial charge is 0.142 e. The monoisotopic (exact) mass is 268 g/mol. The van der Waals surface area contributed by atoms with Crippen molar-refractivity contribution in [2.75, 3.05) is 13.1 Å². The molecule has 0 unspecified atom stereocenters. The Kier molecular flexibility index (Phi) is 6.11. The van der Waals surface area contributed by atoms with Gasteiger partial charge in [0.25, 0.3) is 0 Å². The Labute approximate surface area is 113 Å². The van der Waals surface area contributed by atoms with E-state index in [2.05, 4.69) is 24.8 Å². The third-order valence-electron chi connectivity index (χ3n) is 2.55. The molecule has 0 saturated heterocycles. The van der Waals surface area contributed by atoms with Crippen LogP contribution in [0.25, 0.3) is 0 Å². The van der Waals surface area contributed by atoms with Crippen molar-refractivity contribution >= 4 is 11.6 Å². The van der Waals surface area contributed by atoms with Crippen LogP contribution in [0.1, 0.15) is 25.8 Å². The van der Waals surface area contributed by atoms with Gasteiger partial charge in [-0.1, -0.05) is 31.5 Å². The van der Waals surface area contributed by atoms with Crippen molar-refractivity contribution in [3.8, 4) is 6.07 Å². The molecule has 0 spiro atoms. The van der Waals surface area contributed by atoms with Gasteiger partial charge in [-0.05, 0) is 23.6 Å². The molecule has 1 aromatic rings. The van der Waals surface area contributed by atoms with Gasteiger partial charge in [-0.3, -0.25) is 4.90 Å². The van der Waals surface area contributed by atoms with Gasteiger partial charge < -0.3 is 0 Å². The van der Waals surface area contributed by atoms with Crippen LogP contribution in [-0.2, 0) is 6.54 Å². The van der Waals surface area contributed by atoms with Crippen LogP contribution in [0.15, 0.2) is 18.2 Å². The summed E-state index contributed by atoms with van der Waals surface area (Å²) in [4.78, 5) is 2.16. The molecule has 0 saturated carbocycles. The van der Waals surface area contributed by atoms with E-state index in [4.69, 9.17) is 16.9 Å². The van der Waals surface area contributed by atoms with Crippen molar-refractivity contribution < 1.29 is 4.39 Å². The first kappa shape index (κ1) is 14.9. The lowest BCUT2D eigenvalue weighted by molar-refractivity contribution is 0.241. The van der Waals surface area contributed by atoms with Crippen molar-refractivity contribution in [1.82, 2.24) is 4.90 Å². The van der Waals surface area contributed by atoms with Crippen molar-refractivity contribution in [2.45, 2.75) is 26.8 Å². The Morgan fingerprint density at radius 1 is 1.44 bits per heavy atom. The van der Waals surface area contributed by atoms with E-state index in [9.17, 15) is 4.39 Å². The number of hydrogen-bond acceptors (Lipinski definition) is 2. The van der Waals surface area contributed by atoms with E-state index in [1.807, 2.05) is 6.07 Å². The minimum Gasteiger partial charge on any atom is -0.298 e. The number of hydrogen-bond donors (Lipinski definition) is 0. The molecule has 0 amide bonds. The molecule has 0 aliphatic rings. The van der Waals surface area contributed by atoms with E-state index in [0.717, 1.165) is 12.1 Å². The quantitative estimate of drug-likeness (QED) is 0.784. The molecule has 0 aliphatic heterocycles. The number of halogens is 2. The zero-order chi connectivity index (χ0) is 13.5. The van der Waals surface area contributed by atoms with Gasteiger partial charge >= 0.3 is 0 Å². The molecule has 0 atom stereocenters. The van der Waals surface area contributed by atoms with Crippen molar-refractivity contribution in [2.24, 2.45) is 5.92 Å². The first-order valence-corrected chi connectivity index (χ1v) is 6.44. The van der Waals surface area contributed by atoms with E-state index in [-0.39, 0.29) is 10.8 Å². The number of rotatable bonds is 6. The molecular weight excluding hydrogens is 251 g/mol. The minimum absolute atomic E-state index is 0.145. The molecule has 98 valence electrons. The Balaban J connectivity index is 2.69. The highest BCUT2D eigenvalue weighted by atomic mass is 35.5. The van der Waals surface area contributed by atoms with Crippen LogP contribution in [-0.4, -0.2) is 18.0 Å². The second-order valence-corrected chi connectivity index (χ2v) is 5.19. The maximum absolute atomic E-state index is 13.3. The average Bonchev–Trinajstić information content (AvgIpc) is 2.30. The van der Waals surface area contributed by atoms with Crippen LogP contribution in [0.5, 0.6) is 0 Å². The van der Waals surface area contributed by atoms with Crippen molar-refractivity contribution in [3.63, 3.8) is 0 Å². The van der Waals surface area contributed by atoms with Crippen LogP contribution < -0.4 is 0 Å². The van der Waals surface area contributed by atoms with Gasteiger partial charge in [-0.15, -0.1) is 0 Å². The highest BCUT2D eigenvalue weighted by molar-refractivity contribution is 6.30. The maximum Gasteiger partial charge on any atom is 0.142 e. The first-order valence-electron chi connectivity index (χ1n) is 6.06. The Morgan fingerprint density at radius 2 is 2.17 bits per heavy atom. The summed E-state index contributed by atoms with van der Waals surface area (Å²) in [5.74, 6) is 0.125. The summed E-state index contributed by atoms with van der Waals surface area (Å²) < 4.78 is 13.3. The van der Waals surface area contributed by atoms with Gasteiger partial charge in [0.1, 0.15) is 5.82 Å². The van der Waals surface area contributed by atoms with Gasteiger partial charge in [-0.25, -0.2) is 4.39 Å². The van der Waals surface area contributed by atoms with Gasteiger partial charge in [-0.2, -0.15) is 5.26 Å². The molecule has 18 heavy (non-hydrogen) atoms. The van der Waals surface area contributed by atoms with Crippen molar-refractivity contribution in [3.05, 3.63) is 34.6 Å². The average molecular weight is 269 g/mol. The summed E-state index contributed by atoms with van der Waals surface area (Å²) in [6.45, 7) is 6.50. The van der Waals surface area contributed by atoms with Gasteiger partial charge in [0.15, 0.2) is 0 Å². The molecule has 0 radical (unpaired) electrons. The molecule has 4 heteroatoms. The fourth-order valence-electron chi connectivity index (χ4n) is 1.86. The number of nitrogens with zero attached hydrogens (tertiary/aromatic N) is 2. The Hall–Kier alpha value is -1.11. The van der Waals surface area contributed by atoms with Crippen LogP contribution >= 0.6 is 11.6 Å². The Morgan fingerprint density at radius 3 is 2.72 bits per heavy atom. The van der Waals surface area contributed by atoms with Crippen LogP contribution in [0.3, 0.4) is 0 Å². The lowest BCUT2D eigenvalue weighted by atomic mass is 10.1. The molecular formula is C14H18ClFN2. The van der Waals surface area contributed by atoms with E-state index in [1.165, 1.54) is 6.07 Å². The summed E-state index contributed by atoms with van der Waals surface area (Å²) in [6.07, 6.45) is 0.489. The minimum atomic E-state index is -0.390. The zero-order valence-corrected chi connectivity index (χ0v) is 11.5. The van der Waals surface area contributed by atoms with Crippen molar-refractivity contribution in [1.29, 1.82) is 5.26 Å². The summed E-state index contributed by atoms with van der Waals surface area (Å²) in [7, 11) is 0. The molecule has 0 fully saturated rings. The topological polar surface area (TPSA) is 27.0 Å². The second-order valence-electron chi connectivity index (χ2n) is 4.79. The molecule has 2 nitrogen and oxygen atoms in total. The second kappa shape index (κ2) is 7.35. The standard InChI is InChI=1S/C14H18ClFN2/c1-11(2)9-18(7-3-6-17)10-12-4-5-13(15)14(16)8-12/h4-5,8,11H,3,7,9-10H2,1-2H3. The summed E-state index contributed by atoms with van der Waals surface area (Å²) in [5, 5.41) is 8.79. The summed E-state index contributed by atoms with van der Waals surface area (Å²) >= 11 is 5.65. The molecule has 1 rings (SSSR count). The van der Waals surface area contributed by atoms with Crippen LogP contribution in [0, 0.1) is 23.1 Å². The van der Waals surface area contributed by atoms with E-state index in [1.54, 1.807) is 6.07 Å². The molecule has 0 N–H and O–H groups in total. The van der Waals surface area contributed by atoms with E-state index >= 15 is 0 Å². The SMILES string of the molecule is CC(C)CN(CCC#N)Cc1ccc(Cl)c(F)c1. The number of nitriles is 1. The van der Waals surface area contributed by atoms with Gasteiger partial charge in [0.2, 0.25) is 0 Å². The molecule has 0 aliphatic carbocycles. The molecule has 0 aromatic heterocycles. The maximum atomic E-state index is 13.3.